The molecule has 0 amide bonds. The zero-order chi connectivity index (χ0) is 10.5. The van der Waals surface area contributed by atoms with Gasteiger partial charge < -0.3 is 4.57 Å². The minimum atomic E-state index is 1.01. The highest BCUT2D eigenvalue weighted by Crippen LogP contribution is 2.06. The van der Waals surface area contributed by atoms with Gasteiger partial charge in [-0.1, -0.05) is 31.2 Å². The second-order valence-corrected chi connectivity index (χ2v) is 3.72. The SMILES string of the molecule is CCc1ccc(CCn2ccnc2)cc1. The van der Waals surface area contributed by atoms with E-state index in [1.54, 1.807) is 0 Å². The van der Waals surface area contributed by atoms with E-state index >= 15 is 0 Å². The Morgan fingerprint density at radius 2 is 1.87 bits per heavy atom. The van der Waals surface area contributed by atoms with Gasteiger partial charge in [0.25, 0.3) is 0 Å². The fraction of sp³-hybridized carbons (Fsp3) is 0.308. The zero-order valence-corrected chi connectivity index (χ0v) is 9.06. The monoisotopic (exact) mass is 200 g/mol. The van der Waals surface area contributed by atoms with Gasteiger partial charge >= 0.3 is 0 Å². The molecule has 0 aliphatic rings. The maximum atomic E-state index is 4.02. The van der Waals surface area contributed by atoms with Crippen molar-refractivity contribution in [1.82, 2.24) is 9.55 Å². The molecule has 1 aromatic heterocycles. The summed E-state index contributed by atoms with van der Waals surface area (Å²) in [5, 5.41) is 0. The Balaban J connectivity index is 1.93. The molecule has 0 aliphatic carbocycles. The molecule has 2 nitrogen and oxygen atoms in total. The molecule has 0 fully saturated rings. The molecule has 0 unspecified atom stereocenters. The molecule has 1 aromatic carbocycles. The lowest BCUT2D eigenvalue weighted by Crippen LogP contribution is -1.98. The predicted molar refractivity (Wildman–Crippen MR) is 61.8 cm³/mol. The van der Waals surface area contributed by atoms with Gasteiger partial charge in [0.1, 0.15) is 0 Å². The summed E-state index contributed by atoms with van der Waals surface area (Å²) in [6, 6.07) is 8.86. The van der Waals surface area contributed by atoms with Gasteiger partial charge in [-0.05, 0) is 24.0 Å². The maximum Gasteiger partial charge on any atom is 0.0946 e. The van der Waals surface area contributed by atoms with Gasteiger partial charge in [-0.15, -0.1) is 0 Å². The molecule has 2 heteroatoms. The number of aryl methyl sites for hydroxylation is 3. The number of benzene rings is 1. The number of aromatic nitrogens is 2. The lowest BCUT2D eigenvalue weighted by molar-refractivity contribution is 0.695. The van der Waals surface area contributed by atoms with Gasteiger partial charge in [0.2, 0.25) is 0 Å². The molecule has 2 aromatic rings. The molecule has 1 heterocycles. The van der Waals surface area contributed by atoms with Crippen LogP contribution in [0.5, 0.6) is 0 Å². The van der Waals surface area contributed by atoms with E-state index in [-0.39, 0.29) is 0 Å². The molecule has 0 saturated carbocycles. The van der Waals surface area contributed by atoms with E-state index in [1.165, 1.54) is 11.1 Å². The van der Waals surface area contributed by atoms with Crippen molar-refractivity contribution in [3.63, 3.8) is 0 Å². The lowest BCUT2D eigenvalue weighted by Gasteiger charge is -2.03. The van der Waals surface area contributed by atoms with Crippen molar-refractivity contribution in [1.29, 1.82) is 0 Å². The third-order valence-corrected chi connectivity index (χ3v) is 2.65. The van der Waals surface area contributed by atoms with Crippen LogP contribution in [0.2, 0.25) is 0 Å². The van der Waals surface area contributed by atoms with Gasteiger partial charge in [0.05, 0.1) is 6.33 Å². The van der Waals surface area contributed by atoms with Gasteiger partial charge in [-0.3, -0.25) is 0 Å². The van der Waals surface area contributed by atoms with Crippen molar-refractivity contribution in [2.45, 2.75) is 26.3 Å². The second-order valence-electron chi connectivity index (χ2n) is 3.72. The van der Waals surface area contributed by atoms with Gasteiger partial charge in [-0.2, -0.15) is 0 Å². The summed E-state index contributed by atoms with van der Waals surface area (Å²) in [5.41, 5.74) is 2.79. The largest absolute Gasteiger partial charge is 0.337 e. The predicted octanol–water partition coefficient (Wildman–Crippen LogP) is 2.69. The Labute approximate surface area is 90.6 Å². The third kappa shape index (κ3) is 2.69. The molecular weight excluding hydrogens is 184 g/mol. The van der Waals surface area contributed by atoms with E-state index in [0.29, 0.717) is 0 Å². The molecule has 0 saturated heterocycles. The van der Waals surface area contributed by atoms with E-state index in [2.05, 4.69) is 40.7 Å². The number of rotatable bonds is 4. The van der Waals surface area contributed by atoms with Crippen molar-refractivity contribution in [2.24, 2.45) is 0 Å². The molecule has 0 radical (unpaired) electrons. The van der Waals surface area contributed by atoms with E-state index in [9.17, 15) is 0 Å². The summed E-state index contributed by atoms with van der Waals surface area (Å²) in [4.78, 5) is 4.02. The Bertz CT molecular complexity index is 387. The van der Waals surface area contributed by atoms with Crippen molar-refractivity contribution < 1.29 is 0 Å². The molecular formula is C13H16N2. The van der Waals surface area contributed by atoms with Gasteiger partial charge in [0.15, 0.2) is 0 Å². The molecule has 0 bridgehead atoms. The van der Waals surface area contributed by atoms with E-state index in [4.69, 9.17) is 0 Å². The molecule has 2 rings (SSSR count). The average Bonchev–Trinajstić information content (AvgIpc) is 2.80. The maximum absolute atomic E-state index is 4.02. The van der Waals surface area contributed by atoms with E-state index < -0.39 is 0 Å². The highest BCUT2D eigenvalue weighted by molar-refractivity contribution is 5.22. The van der Waals surface area contributed by atoms with Crippen LogP contribution in [-0.4, -0.2) is 9.55 Å². The van der Waals surface area contributed by atoms with Crippen LogP contribution in [0.25, 0.3) is 0 Å². The Morgan fingerprint density at radius 1 is 1.13 bits per heavy atom. The summed E-state index contributed by atoms with van der Waals surface area (Å²) >= 11 is 0. The van der Waals surface area contributed by atoms with Crippen molar-refractivity contribution in [2.75, 3.05) is 0 Å². The first-order valence-electron chi connectivity index (χ1n) is 5.42. The van der Waals surface area contributed by atoms with Crippen LogP contribution in [0.3, 0.4) is 0 Å². The average molecular weight is 200 g/mol. The molecule has 0 aliphatic heterocycles. The first-order chi connectivity index (χ1) is 7.38. The lowest BCUT2D eigenvalue weighted by atomic mass is 10.1. The fourth-order valence-corrected chi connectivity index (χ4v) is 1.62. The van der Waals surface area contributed by atoms with Gasteiger partial charge in [0, 0.05) is 18.9 Å². The van der Waals surface area contributed by atoms with Crippen molar-refractivity contribution >= 4 is 0 Å². The first-order valence-corrected chi connectivity index (χ1v) is 5.42. The normalized spacial score (nSPS) is 10.5. The quantitative estimate of drug-likeness (QED) is 0.742. The molecule has 15 heavy (non-hydrogen) atoms. The van der Waals surface area contributed by atoms with Crippen LogP contribution in [0, 0.1) is 0 Å². The van der Waals surface area contributed by atoms with Crippen molar-refractivity contribution in [3.05, 3.63) is 54.1 Å². The molecule has 0 spiro atoms. The molecule has 78 valence electrons. The Hall–Kier alpha value is -1.57. The molecule has 0 N–H and O–H groups in total. The van der Waals surface area contributed by atoms with Crippen LogP contribution >= 0.6 is 0 Å². The molecule has 0 atom stereocenters. The number of imidazole rings is 1. The summed E-state index contributed by atoms with van der Waals surface area (Å²) in [7, 11) is 0. The standard InChI is InChI=1S/C13H16N2/c1-2-12-3-5-13(6-4-12)7-9-15-10-8-14-11-15/h3-6,8,10-11H,2,7,9H2,1H3. The fourth-order valence-electron chi connectivity index (χ4n) is 1.62. The second kappa shape index (κ2) is 4.78. The summed E-state index contributed by atoms with van der Waals surface area (Å²) < 4.78 is 2.10. The van der Waals surface area contributed by atoms with Crippen LogP contribution in [0.4, 0.5) is 0 Å². The van der Waals surface area contributed by atoms with Crippen molar-refractivity contribution in [3.8, 4) is 0 Å². The number of hydrogen-bond acceptors (Lipinski definition) is 1. The Kier molecular flexibility index (Phi) is 3.18. The number of nitrogens with zero attached hydrogens (tertiary/aromatic N) is 2. The van der Waals surface area contributed by atoms with Crippen LogP contribution < -0.4 is 0 Å². The minimum absolute atomic E-state index is 1.01. The summed E-state index contributed by atoms with van der Waals surface area (Å²) in [6.07, 6.45) is 7.86. The van der Waals surface area contributed by atoms with Crippen LogP contribution in [-0.2, 0) is 19.4 Å². The van der Waals surface area contributed by atoms with Crippen LogP contribution in [0.1, 0.15) is 18.1 Å². The smallest absolute Gasteiger partial charge is 0.0946 e. The first kappa shape index (κ1) is 9.97. The van der Waals surface area contributed by atoms with Crippen LogP contribution in [0.15, 0.2) is 43.0 Å². The van der Waals surface area contributed by atoms with E-state index in [0.717, 1.165) is 19.4 Å². The third-order valence-electron chi connectivity index (χ3n) is 2.65. The highest BCUT2D eigenvalue weighted by atomic mass is 15.0. The summed E-state index contributed by atoms with van der Waals surface area (Å²) in [5.74, 6) is 0. The number of hydrogen-bond donors (Lipinski definition) is 0. The topological polar surface area (TPSA) is 17.8 Å². The van der Waals surface area contributed by atoms with Gasteiger partial charge in [-0.25, -0.2) is 4.98 Å². The van der Waals surface area contributed by atoms with E-state index in [1.807, 2.05) is 18.7 Å². The minimum Gasteiger partial charge on any atom is -0.337 e. The zero-order valence-electron chi connectivity index (χ0n) is 9.06. The highest BCUT2D eigenvalue weighted by Gasteiger charge is 1.94. The Morgan fingerprint density at radius 3 is 2.47 bits per heavy atom. The summed E-state index contributed by atoms with van der Waals surface area (Å²) in [6.45, 7) is 3.19.